The number of esters is 1. The zero-order valence-electron chi connectivity index (χ0n) is 15.7. The van der Waals surface area contributed by atoms with E-state index in [2.05, 4.69) is 0 Å². The smallest absolute Gasteiger partial charge is 0.306 e. The van der Waals surface area contributed by atoms with E-state index in [1.54, 1.807) is 36.1 Å². The third-order valence-corrected chi connectivity index (χ3v) is 3.80. The highest BCUT2D eigenvalue weighted by molar-refractivity contribution is 7.86. The Balaban J connectivity index is 2.82. The van der Waals surface area contributed by atoms with Gasteiger partial charge in [0.2, 0.25) is 5.91 Å². The quantitative estimate of drug-likeness (QED) is 0.454. The standard InChI is InChI=1S/C18H27NO6S/c1-5-24-18(21)10-9-17(20)19(12-14(2)3)13-15-7-6-8-16(11-15)25-26(4,22)23/h6-8,11,14H,5,9-10,12-13H2,1-4H3. The van der Waals surface area contributed by atoms with Crippen LogP contribution in [0, 0.1) is 5.92 Å². The van der Waals surface area contributed by atoms with E-state index in [4.69, 9.17) is 8.92 Å². The molecule has 0 bridgehead atoms. The fraction of sp³-hybridized carbons (Fsp3) is 0.556. The van der Waals surface area contributed by atoms with E-state index >= 15 is 0 Å². The number of rotatable bonds is 10. The molecule has 0 atom stereocenters. The normalized spacial score (nSPS) is 11.3. The largest absolute Gasteiger partial charge is 0.466 e. The van der Waals surface area contributed by atoms with Crippen molar-refractivity contribution >= 4 is 22.0 Å². The van der Waals surface area contributed by atoms with Crippen LogP contribution >= 0.6 is 0 Å². The molecule has 0 saturated heterocycles. The van der Waals surface area contributed by atoms with Crippen molar-refractivity contribution in [3.05, 3.63) is 29.8 Å². The van der Waals surface area contributed by atoms with Gasteiger partial charge in [-0.3, -0.25) is 9.59 Å². The third kappa shape index (κ3) is 8.84. The summed E-state index contributed by atoms with van der Waals surface area (Å²) in [5.41, 5.74) is 0.747. The fourth-order valence-electron chi connectivity index (χ4n) is 2.39. The molecule has 0 unspecified atom stereocenters. The van der Waals surface area contributed by atoms with Crippen LogP contribution in [0.25, 0.3) is 0 Å². The van der Waals surface area contributed by atoms with Crippen molar-refractivity contribution in [2.24, 2.45) is 5.92 Å². The van der Waals surface area contributed by atoms with Crippen molar-refractivity contribution in [3.63, 3.8) is 0 Å². The zero-order chi connectivity index (χ0) is 19.7. The molecular weight excluding hydrogens is 358 g/mol. The predicted molar refractivity (Wildman–Crippen MR) is 98.0 cm³/mol. The second-order valence-electron chi connectivity index (χ2n) is 6.41. The molecule has 1 amide bonds. The molecule has 0 aliphatic carbocycles. The molecule has 146 valence electrons. The van der Waals surface area contributed by atoms with E-state index in [-0.39, 0.29) is 37.0 Å². The number of nitrogens with zero attached hydrogens (tertiary/aromatic N) is 1. The second kappa shape index (κ2) is 10.2. The Labute approximate surface area is 155 Å². The number of hydrogen-bond donors (Lipinski definition) is 0. The van der Waals surface area contributed by atoms with Gasteiger partial charge in [0.15, 0.2) is 0 Å². The maximum absolute atomic E-state index is 12.5. The number of carbonyl (C=O) groups excluding carboxylic acids is 2. The summed E-state index contributed by atoms with van der Waals surface area (Å²) in [5, 5.41) is 0. The molecule has 0 radical (unpaired) electrons. The molecule has 0 spiro atoms. The van der Waals surface area contributed by atoms with Gasteiger partial charge in [-0.15, -0.1) is 0 Å². The van der Waals surface area contributed by atoms with Crippen LogP contribution in [0.4, 0.5) is 0 Å². The van der Waals surface area contributed by atoms with Gasteiger partial charge in [-0.1, -0.05) is 26.0 Å². The van der Waals surface area contributed by atoms with Crippen LogP contribution in [0.3, 0.4) is 0 Å². The van der Waals surface area contributed by atoms with E-state index in [0.717, 1.165) is 11.8 Å². The zero-order valence-corrected chi connectivity index (χ0v) is 16.5. The van der Waals surface area contributed by atoms with Gasteiger partial charge in [0.25, 0.3) is 0 Å². The average Bonchev–Trinajstić information content (AvgIpc) is 2.50. The van der Waals surface area contributed by atoms with Gasteiger partial charge < -0.3 is 13.8 Å². The van der Waals surface area contributed by atoms with Crippen molar-refractivity contribution in [2.45, 2.75) is 40.2 Å². The minimum Gasteiger partial charge on any atom is -0.466 e. The molecule has 8 heteroatoms. The maximum Gasteiger partial charge on any atom is 0.306 e. The SMILES string of the molecule is CCOC(=O)CCC(=O)N(Cc1cccc(OS(C)(=O)=O)c1)CC(C)C. The van der Waals surface area contributed by atoms with Gasteiger partial charge in [0, 0.05) is 19.5 Å². The van der Waals surface area contributed by atoms with Crippen molar-refractivity contribution in [1.29, 1.82) is 0 Å². The lowest BCUT2D eigenvalue weighted by Gasteiger charge is -2.25. The lowest BCUT2D eigenvalue weighted by Crippen LogP contribution is -2.34. The number of ether oxygens (including phenoxy) is 1. The molecule has 0 N–H and O–H groups in total. The molecule has 0 saturated carbocycles. The predicted octanol–water partition coefficient (Wildman–Crippen LogP) is 2.35. The number of carbonyl (C=O) groups is 2. The summed E-state index contributed by atoms with van der Waals surface area (Å²) in [6.07, 6.45) is 1.09. The Bertz CT molecular complexity index is 714. The first-order valence-corrected chi connectivity index (χ1v) is 10.3. The summed E-state index contributed by atoms with van der Waals surface area (Å²) < 4.78 is 32.2. The lowest BCUT2D eigenvalue weighted by atomic mass is 10.1. The van der Waals surface area contributed by atoms with E-state index in [1.165, 1.54) is 0 Å². The number of hydrogen-bond acceptors (Lipinski definition) is 6. The summed E-state index contributed by atoms with van der Waals surface area (Å²) in [6, 6.07) is 6.60. The molecule has 0 heterocycles. The van der Waals surface area contributed by atoms with Crippen LogP contribution < -0.4 is 4.18 Å². The third-order valence-electron chi connectivity index (χ3n) is 3.31. The van der Waals surface area contributed by atoms with Crippen LogP contribution in [0.15, 0.2) is 24.3 Å². The van der Waals surface area contributed by atoms with Crippen molar-refractivity contribution in [1.82, 2.24) is 4.90 Å². The fourth-order valence-corrected chi connectivity index (χ4v) is 2.84. The Morgan fingerprint density at radius 1 is 1.19 bits per heavy atom. The topological polar surface area (TPSA) is 90.0 Å². The molecule has 1 aromatic carbocycles. The highest BCUT2D eigenvalue weighted by atomic mass is 32.2. The van der Waals surface area contributed by atoms with Crippen LogP contribution in [0.2, 0.25) is 0 Å². The minimum absolute atomic E-state index is 0.0402. The Morgan fingerprint density at radius 2 is 1.88 bits per heavy atom. The van der Waals surface area contributed by atoms with Gasteiger partial charge in [-0.05, 0) is 30.5 Å². The van der Waals surface area contributed by atoms with E-state index in [9.17, 15) is 18.0 Å². The van der Waals surface area contributed by atoms with Crippen LogP contribution in [0.1, 0.15) is 39.2 Å². The van der Waals surface area contributed by atoms with Gasteiger partial charge in [0.1, 0.15) is 5.75 Å². The molecule has 1 aromatic rings. The summed E-state index contributed by atoms with van der Waals surface area (Å²) in [5.74, 6) is -0.0967. The molecule has 1 rings (SSSR count). The Morgan fingerprint density at radius 3 is 2.46 bits per heavy atom. The van der Waals surface area contributed by atoms with E-state index in [1.807, 2.05) is 13.8 Å². The first-order chi connectivity index (χ1) is 12.1. The monoisotopic (exact) mass is 385 g/mol. The van der Waals surface area contributed by atoms with Gasteiger partial charge in [-0.2, -0.15) is 8.42 Å². The molecule has 0 aliphatic heterocycles. The summed E-state index contributed by atoms with van der Waals surface area (Å²) in [4.78, 5) is 25.6. The highest BCUT2D eigenvalue weighted by Crippen LogP contribution is 2.18. The van der Waals surface area contributed by atoms with Gasteiger partial charge in [0.05, 0.1) is 19.3 Å². The first-order valence-electron chi connectivity index (χ1n) is 8.52. The van der Waals surface area contributed by atoms with Crippen molar-refractivity contribution < 1.29 is 26.9 Å². The molecule has 0 fully saturated rings. The Hall–Kier alpha value is -2.09. The van der Waals surface area contributed by atoms with Crippen LogP contribution in [0.5, 0.6) is 5.75 Å². The summed E-state index contributed by atoms with van der Waals surface area (Å²) in [6.45, 7) is 6.83. The van der Waals surface area contributed by atoms with Gasteiger partial charge >= 0.3 is 16.1 Å². The minimum atomic E-state index is -3.61. The van der Waals surface area contributed by atoms with E-state index in [0.29, 0.717) is 13.1 Å². The first kappa shape index (κ1) is 22.0. The van der Waals surface area contributed by atoms with Crippen molar-refractivity contribution in [3.8, 4) is 5.75 Å². The molecule has 0 aliphatic rings. The van der Waals surface area contributed by atoms with Crippen LogP contribution in [-0.4, -0.2) is 44.6 Å². The Kier molecular flexibility index (Phi) is 8.57. The molecule has 0 aromatic heterocycles. The van der Waals surface area contributed by atoms with Crippen LogP contribution in [-0.2, 0) is 31.0 Å². The summed E-state index contributed by atoms with van der Waals surface area (Å²) in [7, 11) is -3.61. The molecule has 26 heavy (non-hydrogen) atoms. The maximum atomic E-state index is 12.5. The highest BCUT2D eigenvalue weighted by Gasteiger charge is 2.17. The molecule has 7 nitrogen and oxygen atoms in total. The number of amides is 1. The van der Waals surface area contributed by atoms with Gasteiger partial charge in [-0.25, -0.2) is 0 Å². The van der Waals surface area contributed by atoms with E-state index < -0.39 is 16.1 Å². The summed E-state index contributed by atoms with van der Waals surface area (Å²) >= 11 is 0. The molecular formula is C18H27NO6S. The average molecular weight is 385 g/mol. The lowest BCUT2D eigenvalue weighted by molar-refractivity contribution is -0.145. The number of benzene rings is 1. The van der Waals surface area contributed by atoms with Crippen molar-refractivity contribution in [2.75, 3.05) is 19.4 Å². The second-order valence-corrected chi connectivity index (χ2v) is 7.98.